The molecule has 2 aliphatic rings. The Morgan fingerprint density at radius 2 is 1.88 bits per heavy atom. The van der Waals surface area contributed by atoms with Crippen LogP contribution in [0, 0.1) is 0 Å². The van der Waals surface area contributed by atoms with Gasteiger partial charge in [0.25, 0.3) is 5.56 Å². The molecule has 8 heteroatoms. The van der Waals surface area contributed by atoms with Crippen LogP contribution in [0.25, 0.3) is 10.9 Å². The summed E-state index contributed by atoms with van der Waals surface area (Å²) >= 11 is 5.74. The van der Waals surface area contributed by atoms with Gasteiger partial charge in [-0.3, -0.25) is 4.79 Å². The average Bonchev–Trinajstić information content (AvgIpc) is 3.35. The number of rotatable bonds is 6. The van der Waals surface area contributed by atoms with Gasteiger partial charge in [-0.15, -0.1) is 0 Å². The zero-order chi connectivity index (χ0) is 22.6. The predicted octanol–water partition coefficient (Wildman–Crippen LogP) is 3.36. The van der Waals surface area contributed by atoms with Crippen LogP contribution < -0.4 is 20.3 Å². The van der Waals surface area contributed by atoms with Crippen molar-refractivity contribution in [1.29, 1.82) is 0 Å². The van der Waals surface area contributed by atoms with Gasteiger partial charge in [0.1, 0.15) is 13.2 Å². The van der Waals surface area contributed by atoms with Gasteiger partial charge in [0.05, 0.1) is 18.2 Å². The van der Waals surface area contributed by atoms with Crippen LogP contribution >= 0.6 is 12.2 Å². The normalized spacial score (nSPS) is 17.2. The maximum atomic E-state index is 12.9. The average molecular weight is 466 g/mol. The fourth-order valence-corrected chi connectivity index (χ4v) is 4.46. The molecule has 2 aliphatic heterocycles. The van der Waals surface area contributed by atoms with Gasteiger partial charge >= 0.3 is 0 Å². The summed E-state index contributed by atoms with van der Waals surface area (Å²) in [6.45, 7) is 3.45. The number of fused-ring (bicyclic) bond motifs is 2. The number of thiocarbonyl (C=S) groups is 1. The van der Waals surface area contributed by atoms with E-state index in [1.165, 1.54) is 0 Å². The lowest BCUT2D eigenvalue weighted by atomic mass is 10.1. The van der Waals surface area contributed by atoms with Crippen molar-refractivity contribution in [1.82, 2.24) is 15.2 Å². The van der Waals surface area contributed by atoms with Gasteiger partial charge in [0.2, 0.25) is 0 Å². The third-order valence-corrected chi connectivity index (χ3v) is 6.37. The first-order valence-electron chi connectivity index (χ1n) is 11.3. The molecule has 0 radical (unpaired) electrons. The molecular formula is C25H27N3O4S. The molecule has 0 amide bonds. The molecule has 2 N–H and O–H groups in total. The molecule has 7 nitrogen and oxygen atoms in total. The van der Waals surface area contributed by atoms with E-state index in [1.807, 2.05) is 41.3 Å². The third kappa shape index (κ3) is 5.12. The van der Waals surface area contributed by atoms with Crippen molar-refractivity contribution in [3.05, 3.63) is 70.0 Å². The number of nitrogens with one attached hydrogen (secondary N) is 2. The molecule has 0 aliphatic carbocycles. The van der Waals surface area contributed by atoms with Crippen LogP contribution in [-0.2, 0) is 17.8 Å². The number of pyridine rings is 1. The van der Waals surface area contributed by atoms with Gasteiger partial charge < -0.3 is 29.4 Å². The topological polar surface area (TPSA) is 75.8 Å². The van der Waals surface area contributed by atoms with Crippen molar-refractivity contribution >= 4 is 28.2 Å². The van der Waals surface area contributed by atoms with Crippen molar-refractivity contribution in [3.8, 4) is 11.5 Å². The fourth-order valence-electron chi connectivity index (χ4n) is 4.25. The minimum atomic E-state index is -0.137. The minimum absolute atomic E-state index is 0.110. The number of hydrogen-bond acceptors (Lipinski definition) is 5. The first-order valence-corrected chi connectivity index (χ1v) is 11.7. The molecule has 2 aromatic carbocycles. The largest absolute Gasteiger partial charge is 0.486 e. The highest BCUT2D eigenvalue weighted by atomic mass is 32.1. The molecule has 172 valence electrons. The second kappa shape index (κ2) is 9.80. The quantitative estimate of drug-likeness (QED) is 0.541. The van der Waals surface area contributed by atoms with Crippen LogP contribution in [0.4, 0.5) is 0 Å². The fraction of sp³-hybridized carbons (Fsp3) is 0.360. The number of benzene rings is 2. The SMILES string of the molecule is O=c1[nH]c2cc3c(cc2cc1CN(CC1CCCO1)C(=S)NCc1ccccc1)OCCO3. The molecule has 33 heavy (non-hydrogen) atoms. The van der Waals surface area contributed by atoms with E-state index in [1.54, 1.807) is 0 Å². The highest BCUT2D eigenvalue weighted by molar-refractivity contribution is 7.80. The van der Waals surface area contributed by atoms with E-state index in [-0.39, 0.29) is 11.7 Å². The summed E-state index contributed by atoms with van der Waals surface area (Å²) in [7, 11) is 0. The molecule has 1 aromatic heterocycles. The molecule has 1 atom stereocenters. The highest BCUT2D eigenvalue weighted by Gasteiger charge is 2.22. The molecule has 0 bridgehead atoms. The highest BCUT2D eigenvalue weighted by Crippen LogP contribution is 2.33. The molecule has 0 spiro atoms. The lowest BCUT2D eigenvalue weighted by Gasteiger charge is -2.28. The molecule has 1 saturated heterocycles. The van der Waals surface area contributed by atoms with E-state index in [9.17, 15) is 4.79 Å². The Labute approximate surface area is 197 Å². The second-order valence-corrected chi connectivity index (χ2v) is 8.75. The van der Waals surface area contributed by atoms with Gasteiger partial charge in [-0.25, -0.2) is 0 Å². The van der Waals surface area contributed by atoms with Gasteiger partial charge in [-0.2, -0.15) is 0 Å². The van der Waals surface area contributed by atoms with Gasteiger partial charge in [-0.1, -0.05) is 30.3 Å². The molecule has 3 aromatic rings. The molecule has 1 fully saturated rings. The number of ether oxygens (including phenoxy) is 3. The summed E-state index contributed by atoms with van der Waals surface area (Å²) in [4.78, 5) is 17.9. The molecule has 3 heterocycles. The molecule has 1 unspecified atom stereocenters. The molecule has 0 saturated carbocycles. The summed E-state index contributed by atoms with van der Waals surface area (Å²) in [6, 6.07) is 15.8. The van der Waals surface area contributed by atoms with Gasteiger partial charge in [0.15, 0.2) is 16.6 Å². The summed E-state index contributed by atoms with van der Waals surface area (Å²) < 4.78 is 17.2. The number of H-pyrrole nitrogens is 1. The van der Waals surface area contributed by atoms with Gasteiger partial charge in [0, 0.05) is 36.7 Å². The standard InChI is InChI=1S/C25H27N3O4S/c29-24-19(11-18-12-22-23(13-21(18)27-24)32-10-9-31-22)15-28(16-20-7-4-8-30-20)25(33)26-14-17-5-2-1-3-6-17/h1-3,5-6,11-13,20H,4,7-10,14-16H2,(H,26,33)(H,27,29). The maximum absolute atomic E-state index is 12.9. The van der Waals surface area contributed by atoms with Crippen LogP contribution in [-0.4, -0.2) is 47.5 Å². The Hall–Kier alpha value is -3.10. The first kappa shape index (κ1) is 21.7. The van der Waals surface area contributed by atoms with E-state index in [0.717, 1.165) is 35.9 Å². The first-order chi connectivity index (χ1) is 16.2. The van der Waals surface area contributed by atoms with Crippen LogP contribution in [0.2, 0.25) is 0 Å². The Morgan fingerprint density at radius 3 is 2.64 bits per heavy atom. The van der Waals surface area contributed by atoms with E-state index in [2.05, 4.69) is 22.4 Å². The van der Waals surface area contributed by atoms with E-state index in [4.69, 9.17) is 26.4 Å². The van der Waals surface area contributed by atoms with E-state index >= 15 is 0 Å². The maximum Gasteiger partial charge on any atom is 0.253 e. The van der Waals surface area contributed by atoms with E-state index < -0.39 is 0 Å². The Morgan fingerprint density at radius 1 is 1.09 bits per heavy atom. The minimum Gasteiger partial charge on any atom is -0.486 e. The Bertz CT molecular complexity index is 1190. The van der Waals surface area contributed by atoms with Crippen LogP contribution in [0.5, 0.6) is 11.5 Å². The number of hydrogen-bond donors (Lipinski definition) is 2. The van der Waals surface area contributed by atoms with Crippen molar-refractivity contribution in [2.24, 2.45) is 0 Å². The predicted molar refractivity (Wildman–Crippen MR) is 131 cm³/mol. The van der Waals surface area contributed by atoms with E-state index in [0.29, 0.717) is 55.0 Å². The van der Waals surface area contributed by atoms with Crippen LogP contribution in [0.3, 0.4) is 0 Å². The third-order valence-electron chi connectivity index (χ3n) is 5.97. The van der Waals surface area contributed by atoms with Crippen LogP contribution in [0.1, 0.15) is 24.0 Å². The van der Waals surface area contributed by atoms with Crippen LogP contribution in [0.15, 0.2) is 53.3 Å². The molecular weight excluding hydrogens is 438 g/mol. The summed E-state index contributed by atoms with van der Waals surface area (Å²) in [5, 5.41) is 4.85. The lowest BCUT2D eigenvalue weighted by molar-refractivity contribution is 0.0896. The zero-order valence-corrected chi connectivity index (χ0v) is 19.2. The molecule has 5 rings (SSSR count). The second-order valence-electron chi connectivity index (χ2n) is 8.37. The number of aromatic amines is 1. The Kier molecular flexibility index (Phi) is 6.46. The van der Waals surface area contributed by atoms with Crippen molar-refractivity contribution in [3.63, 3.8) is 0 Å². The lowest BCUT2D eigenvalue weighted by Crippen LogP contribution is -2.43. The summed E-state index contributed by atoms with van der Waals surface area (Å²) in [5.41, 5.74) is 2.37. The summed E-state index contributed by atoms with van der Waals surface area (Å²) in [6.07, 6.45) is 2.15. The number of nitrogens with zero attached hydrogens (tertiary/aromatic N) is 1. The zero-order valence-electron chi connectivity index (χ0n) is 18.3. The van der Waals surface area contributed by atoms with Crippen molar-refractivity contribution < 1.29 is 14.2 Å². The smallest absolute Gasteiger partial charge is 0.253 e. The number of aromatic nitrogens is 1. The Balaban J connectivity index is 1.38. The van der Waals surface area contributed by atoms with Crippen molar-refractivity contribution in [2.45, 2.75) is 32.0 Å². The summed E-state index contributed by atoms with van der Waals surface area (Å²) in [5.74, 6) is 1.35. The van der Waals surface area contributed by atoms with Gasteiger partial charge in [-0.05, 0) is 42.8 Å². The van der Waals surface area contributed by atoms with Crippen molar-refractivity contribution in [2.75, 3.05) is 26.4 Å². The monoisotopic (exact) mass is 465 g/mol.